The van der Waals surface area contributed by atoms with Crippen LogP contribution in [-0.2, 0) is 9.59 Å². The molecule has 0 aromatic heterocycles. The quantitative estimate of drug-likeness (QED) is 0.755. The van der Waals surface area contributed by atoms with E-state index in [0.717, 1.165) is 25.7 Å². The molecule has 2 N–H and O–H groups in total. The normalized spacial score (nSPS) is 31.6. The van der Waals surface area contributed by atoms with Crippen molar-refractivity contribution in [3.05, 3.63) is 0 Å². The molecule has 0 heterocycles. The summed E-state index contributed by atoms with van der Waals surface area (Å²) in [6.45, 7) is 0. The fraction of sp³-hybridized carbons (Fsp3) is 0.833. The molecular weight excluding hydrogens is 206 g/mol. The van der Waals surface area contributed by atoms with Gasteiger partial charge in [-0.1, -0.05) is 0 Å². The lowest BCUT2D eigenvalue weighted by atomic mass is 9.74. The first-order valence-corrected chi connectivity index (χ1v) is 6.09. The van der Waals surface area contributed by atoms with Gasteiger partial charge in [0.2, 0.25) is 5.91 Å². The van der Waals surface area contributed by atoms with E-state index >= 15 is 0 Å². The van der Waals surface area contributed by atoms with Crippen LogP contribution >= 0.6 is 0 Å². The van der Waals surface area contributed by atoms with Crippen molar-refractivity contribution in [2.24, 2.45) is 11.3 Å². The van der Waals surface area contributed by atoms with E-state index in [1.165, 1.54) is 12.8 Å². The standard InChI is InChI=1S/C12H17NO3/c14-9(15)7-12(2-1-3-12)13-10(16)8-6-11(8)4-5-11/h8H,1-7H2,(H,13,16)(H,14,15). The zero-order chi connectivity index (χ0) is 11.4. The van der Waals surface area contributed by atoms with Crippen LogP contribution in [0.15, 0.2) is 0 Å². The Morgan fingerprint density at radius 1 is 1.25 bits per heavy atom. The first kappa shape index (κ1) is 10.1. The van der Waals surface area contributed by atoms with Crippen molar-refractivity contribution < 1.29 is 14.7 Å². The van der Waals surface area contributed by atoms with Gasteiger partial charge in [-0.3, -0.25) is 9.59 Å². The third kappa shape index (κ3) is 1.51. The van der Waals surface area contributed by atoms with Gasteiger partial charge in [0.25, 0.3) is 0 Å². The summed E-state index contributed by atoms with van der Waals surface area (Å²) in [5, 5.41) is 11.8. The van der Waals surface area contributed by atoms with Crippen LogP contribution in [0.3, 0.4) is 0 Å². The number of hydrogen-bond acceptors (Lipinski definition) is 2. The number of carbonyl (C=O) groups excluding carboxylic acids is 1. The Morgan fingerprint density at radius 2 is 1.94 bits per heavy atom. The highest BCUT2D eigenvalue weighted by molar-refractivity contribution is 5.85. The lowest BCUT2D eigenvalue weighted by molar-refractivity contribution is -0.140. The van der Waals surface area contributed by atoms with E-state index in [1.54, 1.807) is 0 Å². The molecule has 88 valence electrons. The molecule has 0 radical (unpaired) electrons. The molecule has 1 atom stereocenters. The van der Waals surface area contributed by atoms with E-state index in [0.29, 0.717) is 5.41 Å². The lowest BCUT2D eigenvalue weighted by Crippen LogP contribution is -2.55. The molecule has 1 spiro atoms. The third-order valence-electron chi connectivity index (χ3n) is 4.59. The van der Waals surface area contributed by atoms with Crippen LogP contribution in [-0.4, -0.2) is 22.5 Å². The Hall–Kier alpha value is -1.06. The highest BCUT2D eigenvalue weighted by Crippen LogP contribution is 2.70. The lowest BCUT2D eigenvalue weighted by Gasteiger charge is -2.41. The molecule has 0 aromatic carbocycles. The summed E-state index contributed by atoms with van der Waals surface area (Å²) in [7, 11) is 0. The fourth-order valence-electron chi connectivity index (χ4n) is 3.02. The number of amides is 1. The summed E-state index contributed by atoms with van der Waals surface area (Å²) < 4.78 is 0. The largest absolute Gasteiger partial charge is 0.481 e. The Kier molecular flexibility index (Phi) is 1.89. The van der Waals surface area contributed by atoms with Gasteiger partial charge in [-0.2, -0.15) is 0 Å². The summed E-state index contributed by atoms with van der Waals surface area (Å²) in [5.74, 6) is -0.505. The maximum Gasteiger partial charge on any atom is 0.305 e. The molecule has 3 fully saturated rings. The van der Waals surface area contributed by atoms with Gasteiger partial charge in [-0.25, -0.2) is 0 Å². The molecule has 0 saturated heterocycles. The average molecular weight is 223 g/mol. The molecule has 16 heavy (non-hydrogen) atoms. The monoisotopic (exact) mass is 223 g/mol. The van der Waals surface area contributed by atoms with E-state index in [-0.39, 0.29) is 18.2 Å². The van der Waals surface area contributed by atoms with Gasteiger partial charge < -0.3 is 10.4 Å². The molecule has 3 saturated carbocycles. The van der Waals surface area contributed by atoms with Crippen LogP contribution < -0.4 is 5.32 Å². The first-order chi connectivity index (χ1) is 7.55. The van der Waals surface area contributed by atoms with Crippen molar-refractivity contribution >= 4 is 11.9 Å². The summed E-state index contributed by atoms with van der Waals surface area (Å²) in [4.78, 5) is 22.7. The van der Waals surface area contributed by atoms with Gasteiger partial charge in [0.15, 0.2) is 0 Å². The maximum absolute atomic E-state index is 11.9. The van der Waals surface area contributed by atoms with E-state index in [2.05, 4.69) is 5.32 Å². The minimum absolute atomic E-state index is 0.0818. The summed E-state index contributed by atoms with van der Waals surface area (Å²) in [6, 6.07) is 0. The number of carboxylic acid groups (broad SMARTS) is 1. The summed E-state index contributed by atoms with van der Waals surface area (Å²) in [5.41, 5.74) is -0.0557. The van der Waals surface area contributed by atoms with Gasteiger partial charge in [0.1, 0.15) is 0 Å². The average Bonchev–Trinajstić information content (AvgIpc) is 3.03. The number of hydrogen-bond donors (Lipinski definition) is 2. The molecule has 4 heteroatoms. The Morgan fingerprint density at radius 3 is 2.31 bits per heavy atom. The first-order valence-electron chi connectivity index (χ1n) is 6.09. The topological polar surface area (TPSA) is 66.4 Å². The smallest absolute Gasteiger partial charge is 0.305 e. The Balaban J connectivity index is 1.59. The maximum atomic E-state index is 11.9. The third-order valence-corrected chi connectivity index (χ3v) is 4.59. The van der Waals surface area contributed by atoms with Crippen molar-refractivity contribution in [3.63, 3.8) is 0 Å². The van der Waals surface area contributed by atoms with E-state index in [9.17, 15) is 9.59 Å². The van der Waals surface area contributed by atoms with Crippen LogP contribution in [0, 0.1) is 11.3 Å². The summed E-state index contributed by atoms with van der Waals surface area (Å²) >= 11 is 0. The van der Waals surface area contributed by atoms with Crippen LogP contribution in [0.2, 0.25) is 0 Å². The van der Waals surface area contributed by atoms with Crippen LogP contribution in [0.4, 0.5) is 0 Å². The fourth-order valence-corrected chi connectivity index (χ4v) is 3.02. The van der Waals surface area contributed by atoms with E-state index < -0.39 is 11.5 Å². The molecule has 0 aliphatic heterocycles. The second kappa shape index (κ2) is 2.99. The second-order valence-electron chi connectivity index (χ2n) is 5.81. The van der Waals surface area contributed by atoms with Crippen LogP contribution in [0.1, 0.15) is 44.9 Å². The predicted octanol–water partition coefficient (Wildman–Crippen LogP) is 1.30. The van der Waals surface area contributed by atoms with Gasteiger partial charge in [0.05, 0.1) is 12.0 Å². The van der Waals surface area contributed by atoms with E-state index in [4.69, 9.17) is 5.11 Å². The number of nitrogens with one attached hydrogen (secondary N) is 1. The van der Waals surface area contributed by atoms with E-state index in [1.807, 2.05) is 0 Å². The van der Waals surface area contributed by atoms with Gasteiger partial charge in [-0.15, -0.1) is 0 Å². The molecular formula is C12H17NO3. The van der Waals surface area contributed by atoms with Crippen molar-refractivity contribution in [1.82, 2.24) is 5.32 Å². The molecule has 1 unspecified atom stereocenters. The Bertz CT molecular complexity index is 355. The van der Waals surface area contributed by atoms with Crippen molar-refractivity contribution in [2.45, 2.75) is 50.5 Å². The van der Waals surface area contributed by atoms with Crippen molar-refractivity contribution in [1.29, 1.82) is 0 Å². The second-order valence-corrected chi connectivity index (χ2v) is 5.81. The van der Waals surface area contributed by atoms with Gasteiger partial charge in [-0.05, 0) is 43.9 Å². The molecule has 0 bridgehead atoms. The van der Waals surface area contributed by atoms with Gasteiger partial charge in [0, 0.05) is 5.92 Å². The summed E-state index contributed by atoms with van der Waals surface area (Å²) in [6.07, 6.45) is 6.17. The van der Waals surface area contributed by atoms with Gasteiger partial charge >= 0.3 is 5.97 Å². The molecule has 4 nitrogen and oxygen atoms in total. The zero-order valence-corrected chi connectivity index (χ0v) is 9.29. The molecule has 3 aliphatic rings. The molecule has 1 amide bonds. The highest BCUT2D eigenvalue weighted by atomic mass is 16.4. The predicted molar refractivity (Wildman–Crippen MR) is 56.8 cm³/mol. The van der Waals surface area contributed by atoms with Crippen LogP contribution in [0.5, 0.6) is 0 Å². The number of rotatable bonds is 4. The Labute approximate surface area is 94.4 Å². The number of aliphatic carboxylic acids is 1. The zero-order valence-electron chi connectivity index (χ0n) is 9.29. The number of carbonyl (C=O) groups is 2. The molecule has 3 aliphatic carbocycles. The minimum atomic E-state index is -0.808. The number of carboxylic acids is 1. The molecule has 3 rings (SSSR count). The molecule has 0 aromatic rings. The highest BCUT2D eigenvalue weighted by Gasteiger charge is 2.66. The van der Waals surface area contributed by atoms with Crippen LogP contribution in [0.25, 0.3) is 0 Å². The van der Waals surface area contributed by atoms with Crippen molar-refractivity contribution in [2.75, 3.05) is 0 Å². The SMILES string of the molecule is O=C(O)CC1(NC(=O)C2CC23CC3)CCC1. The van der Waals surface area contributed by atoms with Crippen molar-refractivity contribution in [3.8, 4) is 0 Å². The minimum Gasteiger partial charge on any atom is -0.481 e.